The summed E-state index contributed by atoms with van der Waals surface area (Å²) in [6.45, 7) is 5.35. The Morgan fingerprint density at radius 1 is 1.05 bits per heavy atom. The topological polar surface area (TPSA) is 52.7 Å². The summed E-state index contributed by atoms with van der Waals surface area (Å²) in [4.78, 5) is 27.6. The third kappa shape index (κ3) is 2.36. The molecule has 0 spiro atoms. The molecule has 0 aromatic heterocycles. The maximum atomic E-state index is 12.6. The summed E-state index contributed by atoms with van der Waals surface area (Å²) < 4.78 is 0. The van der Waals surface area contributed by atoms with Crippen LogP contribution in [0.2, 0.25) is 0 Å². The summed E-state index contributed by atoms with van der Waals surface area (Å²) in [6, 6.07) is 0.0383. The van der Waals surface area contributed by atoms with Gasteiger partial charge < -0.3 is 15.1 Å². The lowest BCUT2D eigenvalue weighted by atomic mass is 9.93. The predicted octanol–water partition coefficient (Wildman–Crippen LogP) is 0.0652. The van der Waals surface area contributed by atoms with Gasteiger partial charge in [0.25, 0.3) is 0 Å². The molecule has 106 valence electrons. The van der Waals surface area contributed by atoms with Crippen LogP contribution in [0, 0.1) is 11.8 Å². The van der Waals surface area contributed by atoms with Crippen LogP contribution in [-0.4, -0.2) is 60.4 Å². The van der Waals surface area contributed by atoms with Crippen molar-refractivity contribution < 1.29 is 9.59 Å². The van der Waals surface area contributed by atoms with E-state index < -0.39 is 0 Å². The number of hydrogen-bond donors (Lipinski definition) is 1. The molecule has 2 saturated heterocycles. The summed E-state index contributed by atoms with van der Waals surface area (Å²) in [5.74, 6) is 1.64. The standard InChI is InChI=1S/C14H23N3O2/c1-10(18)16-5-7-17(8-6-16)14(19)13-12-4-2-3-11(12)9-15-13/h11-13,15H,2-9H2,1H3. The molecule has 0 aromatic rings. The summed E-state index contributed by atoms with van der Waals surface area (Å²) >= 11 is 0. The number of nitrogens with one attached hydrogen (secondary N) is 1. The maximum absolute atomic E-state index is 12.6. The molecule has 5 heteroatoms. The fraction of sp³-hybridized carbons (Fsp3) is 0.857. The molecule has 5 nitrogen and oxygen atoms in total. The molecule has 3 aliphatic rings. The first-order chi connectivity index (χ1) is 9.16. The van der Waals surface area contributed by atoms with Crippen LogP contribution in [-0.2, 0) is 9.59 Å². The Bertz CT molecular complexity index is 377. The Balaban J connectivity index is 1.58. The highest BCUT2D eigenvalue weighted by molar-refractivity contribution is 5.83. The van der Waals surface area contributed by atoms with Crippen LogP contribution in [0.3, 0.4) is 0 Å². The van der Waals surface area contributed by atoms with Gasteiger partial charge in [-0.05, 0) is 31.2 Å². The summed E-state index contributed by atoms with van der Waals surface area (Å²) in [5.41, 5.74) is 0. The van der Waals surface area contributed by atoms with Crippen LogP contribution in [0.1, 0.15) is 26.2 Å². The Morgan fingerprint density at radius 2 is 1.74 bits per heavy atom. The van der Waals surface area contributed by atoms with Gasteiger partial charge in [-0.25, -0.2) is 0 Å². The normalized spacial score (nSPS) is 34.5. The van der Waals surface area contributed by atoms with E-state index >= 15 is 0 Å². The van der Waals surface area contributed by atoms with Crippen molar-refractivity contribution in [1.29, 1.82) is 0 Å². The summed E-state index contributed by atoms with van der Waals surface area (Å²) in [7, 11) is 0. The fourth-order valence-electron chi connectivity index (χ4n) is 3.90. The predicted molar refractivity (Wildman–Crippen MR) is 71.5 cm³/mol. The minimum Gasteiger partial charge on any atom is -0.339 e. The van der Waals surface area contributed by atoms with E-state index in [0.717, 1.165) is 6.54 Å². The molecule has 3 rings (SSSR count). The second kappa shape index (κ2) is 5.12. The van der Waals surface area contributed by atoms with Gasteiger partial charge in [0, 0.05) is 33.1 Å². The monoisotopic (exact) mass is 265 g/mol. The van der Waals surface area contributed by atoms with Crippen molar-refractivity contribution >= 4 is 11.8 Å². The number of nitrogens with zero attached hydrogens (tertiary/aromatic N) is 2. The van der Waals surface area contributed by atoms with Crippen molar-refractivity contribution in [1.82, 2.24) is 15.1 Å². The number of carbonyl (C=O) groups excluding carboxylic acids is 2. The Hall–Kier alpha value is -1.10. The van der Waals surface area contributed by atoms with Crippen LogP contribution in [0.5, 0.6) is 0 Å². The highest BCUT2D eigenvalue weighted by Crippen LogP contribution is 2.38. The third-order valence-electron chi connectivity index (χ3n) is 5.05. The molecule has 2 aliphatic heterocycles. The molecule has 3 unspecified atom stereocenters. The molecule has 1 saturated carbocycles. The second-order valence-electron chi connectivity index (χ2n) is 6.07. The molecule has 2 amide bonds. The number of carbonyl (C=O) groups is 2. The van der Waals surface area contributed by atoms with Crippen LogP contribution in [0.25, 0.3) is 0 Å². The zero-order valence-electron chi connectivity index (χ0n) is 11.6. The van der Waals surface area contributed by atoms with E-state index in [9.17, 15) is 9.59 Å². The lowest BCUT2D eigenvalue weighted by Crippen LogP contribution is -2.54. The molecular weight excluding hydrogens is 242 g/mol. The quantitative estimate of drug-likeness (QED) is 0.730. The van der Waals surface area contributed by atoms with Gasteiger partial charge in [-0.3, -0.25) is 9.59 Å². The fourth-order valence-corrected chi connectivity index (χ4v) is 3.90. The van der Waals surface area contributed by atoms with Gasteiger partial charge in [0.1, 0.15) is 0 Å². The summed E-state index contributed by atoms with van der Waals surface area (Å²) in [6.07, 6.45) is 3.75. The average molecular weight is 265 g/mol. The van der Waals surface area contributed by atoms with Crippen molar-refractivity contribution in [3.8, 4) is 0 Å². The molecule has 3 fully saturated rings. The molecule has 2 heterocycles. The van der Waals surface area contributed by atoms with E-state index in [4.69, 9.17) is 0 Å². The lowest BCUT2D eigenvalue weighted by Gasteiger charge is -2.36. The number of fused-ring (bicyclic) bond motifs is 1. The maximum Gasteiger partial charge on any atom is 0.240 e. The van der Waals surface area contributed by atoms with Crippen LogP contribution in [0.4, 0.5) is 0 Å². The molecular formula is C14H23N3O2. The highest BCUT2D eigenvalue weighted by atomic mass is 16.2. The van der Waals surface area contributed by atoms with E-state index in [1.165, 1.54) is 19.3 Å². The molecule has 0 bridgehead atoms. The molecule has 19 heavy (non-hydrogen) atoms. The molecule has 1 aliphatic carbocycles. The van der Waals surface area contributed by atoms with E-state index in [1.807, 2.05) is 9.80 Å². The van der Waals surface area contributed by atoms with E-state index in [1.54, 1.807) is 6.92 Å². The highest BCUT2D eigenvalue weighted by Gasteiger charge is 2.44. The number of hydrogen-bond acceptors (Lipinski definition) is 3. The molecule has 1 N–H and O–H groups in total. The van der Waals surface area contributed by atoms with Crippen molar-refractivity contribution in [3.63, 3.8) is 0 Å². The minimum absolute atomic E-state index is 0.0383. The number of rotatable bonds is 1. The molecule has 0 radical (unpaired) electrons. The third-order valence-corrected chi connectivity index (χ3v) is 5.05. The number of piperazine rings is 1. The van der Waals surface area contributed by atoms with Gasteiger partial charge in [-0.15, -0.1) is 0 Å². The number of amides is 2. The van der Waals surface area contributed by atoms with Gasteiger partial charge in [-0.2, -0.15) is 0 Å². The zero-order valence-corrected chi connectivity index (χ0v) is 11.6. The van der Waals surface area contributed by atoms with Gasteiger partial charge in [-0.1, -0.05) is 6.42 Å². The van der Waals surface area contributed by atoms with Gasteiger partial charge in [0.05, 0.1) is 6.04 Å². The van der Waals surface area contributed by atoms with Crippen molar-refractivity contribution in [2.24, 2.45) is 11.8 Å². The zero-order chi connectivity index (χ0) is 13.4. The SMILES string of the molecule is CC(=O)N1CCN(C(=O)C2NCC3CCCC32)CC1. The lowest BCUT2D eigenvalue weighted by molar-refractivity contribution is -0.140. The first kappa shape index (κ1) is 12.9. The smallest absolute Gasteiger partial charge is 0.240 e. The largest absolute Gasteiger partial charge is 0.339 e. The van der Waals surface area contributed by atoms with E-state index in [0.29, 0.717) is 38.0 Å². The van der Waals surface area contributed by atoms with Crippen molar-refractivity contribution in [2.75, 3.05) is 32.7 Å². The minimum atomic E-state index is 0.0383. The van der Waals surface area contributed by atoms with Crippen molar-refractivity contribution in [3.05, 3.63) is 0 Å². The average Bonchev–Trinajstić information content (AvgIpc) is 3.00. The van der Waals surface area contributed by atoms with E-state index in [-0.39, 0.29) is 17.9 Å². The van der Waals surface area contributed by atoms with Crippen LogP contribution in [0.15, 0.2) is 0 Å². The van der Waals surface area contributed by atoms with Gasteiger partial charge >= 0.3 is 0 Å². The second-order valence-corrected chi connectivity index (χ2v) is 6.07. The Morgan fingerprint density at radius 3 is 2.42 bits per heavy atom. The van der Waals surface area contributed by atoms with Crippen molar-refractivity contribution in [2.45, 2.75) is 32.2 Å². The molecule has 0 aromatic carbocycles. The van der Waals surface area contributed by atoms with E-state index in [2.05, 4.69) is 5.32 Å². The van der Waals surface area contributed by atoms with Gasteiger partial charge in [0.15, 0.2) is 0 Å². The first-order valence-corrected chi connectivity index (χ1v) is 7.44. The van der Waals surface area contributed by atoms with Crippen LogP contribution < -0.4 is 5.32 Å². The molecule has 3 atom stereocenters. The summed E-state index contributed by atoms with van der Waals surface area (Å²) in [5, 5.41) is 3.42. The Labute approximate surface area is 114 Å². The van der Waals surface area contributed by atoms with Gasteiger partial charge in [0.2, 0.25) is 11.8 Å². The Kier molecular flexibility index (Phi) is 3.48. The van der Waals surface area contributed by atoms with Crippen LogP contribution >= 0.6 is 0 Å². The first-order valence-electron chi connectivity index (χ1n) is 7.44.